The molecule has 6 heteroatoms. The van der Waals surface area contributed by atoms with Crippen LogP contribution in [0.15, 0.2) is 42.6 Å². The van der Waals surface area contributed by atoms with E-state index in [4.69, 9.17) is 11.6 Å². The highest BCUT2D eigenvalue weighted by Crippen LogP contribution is 2.20. The van der Waals surface area contributed by atoms with Crippen LogP contribution in [0.4, 0.5) is 5.69 Å². The Morgan fingerprint density at radius 1 is 1.35 bits per heavy atom. The fraction of sp³-hybridized carbons (Fsp3) is 0.118. The van der Waals surface area contributed by atoms with E-state index < -0.39 is 0 Å². The number of hydrogen-bond acceptors (Lipinski definition) is 3. The van der Waals surface area contributed by atoms with Crippen molar-refractivity contribution in [3.05, 3.63) is 59.0 Å². The standard InChI is InChI=1S/C17H15ClN4O/c1-11-14(17(18)22(2)21-11)7-8-16(23)20-13-9-12-5-3-4-6-15(12)19-10-13/h3-10H,1-2H3,(H,20,23)/b8-7+. The molecule has 3 rings (SSSR count). The van der Waals surface area contributed by atoms with Crippen LogP contribution in [-0.2, 0) is 11.8 Å². The summed E-state index contributed by atoms with van der Waals surface area (Å²) in [5.74, 6) is -0.249. The molecule has 0 saturated carbocycles. The monoisotopic (exact) mass is 326 g/mol. The molecule has 116 valence electrons. The maximum atomic E-state index is 12.1. The third-order valence-electron chi connectivity index (χ3n) is 3.46. The molecule has 2 heterocycles. The number of benzene rings is 1. The van der Waals surface area contributed by atoms with Gasteiger partial charge in [-0.15, -0.1) is 0 Å². The van der Waals surface area contributed by atoms with Crippen LogP contribution in [0.3, 0.4) is 0 Å². The van der Waals surface area contributed by atoms with Gasteiger partial charge in [-0.05, 0) is 25.1 Å². The van der Waals surface area contributed by atoms with Crippen LogP contribution < -0.4 is 5.32 Å². The Bertz CT molecular complexity index is 914. The number of amides is 1. The van der Waals surface area contributed by atoms with Crippen molar-refractivity contribution >= 4 is 40.2 Å². The van der Waals surface area contributed by atoms with Gasteiger partial charge in [-0.1, -0.05) is 29.8 Å². The minimum absolute atomic E-state index is 0.249. The number of hydrogen-bond donors (Lipinski definition) is 1. The Kier molecular flexibility index (Phi) is 4.12. The maximum absolute atomic E-state index is 12.1. The second kappa shape index (κ2) is 6.22. The van der Waals surface area contributed by atoms with Crippen LogP contribution in [0.1, 0.15) is 11.3 Å². The normalized spacial score (nSPS) is 11.3. The van der Waals surface area contributed by atoms with Gasteiger partial charge in [0, 0.05) is 24.1 Å². The highest BCUT2D eigenvalue weighted by atomic mass is 35.5. The molecule has 0 atom stereocenters. The van der Waals surface area contributed by atoms with E-state index in [1.807, 2.05) is 37.3 Å². The largest absolute Gasteiger partial charge is 0.321 e. The number of fused-ring (bicyclic) bond motifs is 1. The minimum Gasteiger partial charge on any atom is -0.321 e. The summed E-state index contributed by atoms with van der Waals surface area (Å²) in [6.45, 7) is 1.84. The summed E-state index contributed by atoms with van der Waals surface area (Å²) in [6.07, 6.45) is 4.73. The van der Waals surface area contributed by atoms with Crippen molar-refractivity contribution in [1.82, 2.24) is 14.8 Å². The smallest absolute Gasteiger partial charge is 0.248 e. The molecule has 23 heavy (non-hydrogen) atoms. The molecule has 0 aliphatic carbocycles. The summed E-state index contributed by atoms with van der Waals surface area (Å²) < 4.78 is 1.57. The van der Waals surface area contributed by atoms with Crippen LogP contribution in [0.2, 0.25) is 5.15 Å². The summed E-state index contributed by atoms with van der Waals surface area (Å²) in [5.41, 5.74) is 3.04. The molecule has 5 nitrogen and oxygen atoms in total. The lowest BCUT2D eigenvalue weighted by atomic mass is 10.2. The average molecular weight is 327 g/mol. The van der Waals surface area contributed by atoms with Crippen LogP contribution in [0.5, 0.6) is 0 Å². The molecule has 0 fully saturated rings. The number of anilines is 1. The van der Waals surface area contributed by atoms with Crippen LogP contribution in [0, 0.1) is 6.92 Å². The van der Waals surface area contributed by atoms with Gasteiger partial charge in [-0.25, -0.2) is 0 Å². The van der Waals surface area contributed by atoms with Gasteiger partial charge >= 0.3 is 0 Å². The second-order valence-corrected chi connectivity index (χ2v) is 5.51. The molecule has 0 radical (unpaired) electrons. The first-order valence-corrected chi connectivity index (χ1v) is 7.45. The maximum Gasteiger partial charge on any atom is 0.248 e. The molecule has 0 aliphatic heterocycles. The molecule has 0 unspecified atom stereocenters. The molecule has 2 aromatic heterocycles. The van der Waals surface area contributed by atoms with Crippen molar-refractivity contribution < 1.29 is 4.79 Å². The van der Waals surface area contributed by atoms with Crippen molar-refractivity contribution in [3.8, 4) is 0 Å². The fourth-order valence-corrected chi connectivity index (χ4v) is 2.56. The van der Waals surface area contributed by atoms with Gasteiger partial charge in [0.05, 0.1) is 23.1 Å². The molecular formula is C17H15ClN4O. The van der Waals surface area contributed by atoms with E-state index in [9.17, 15) is 4.79 Å². The number of aryl methyl sites for hydroxylation is 2. The van der Waals surface area contributed by atoms with E-state index >= 15 is 0 Å². The van der Waals surface area contributed by atoms with Crippen LogP contribution >= 0.6 is 11.6 Å². The number of nitrogens with one attached hydrogen (secondary N) is 1. The number of halogens is 1. The quantitative estimate of drug-likeness (QED) is 0.748. The number of carbonyl (C=O) groups is 1. The van der Waals surface area contributed by atoms with E-state index in [-0.39, 0.29) is 5.91 Å². The van der Waals surface area contributed by atoms with Crippen molar-refractivity contribution in [1.29, 1.82) is 0 Å². The lowest BCUT2D eigenvalue weighted by Gasteiger charge is -2.03. The molecule has 0 saturated heterocycles. The molecule has 0 aliphatic rings. The Labute approximate surface area is 138 Å². The number of rotatable bonds is 3. The number of aromatic nitrogens is 3. The fourth-order valence-electron chi connectivity index (χ4n) is 2.32. The van der Waals surface area contributed by atoms with E-state index in [0.717, 1.165) is 22.2 Å². The van der Waals surface area contributed by atoms with Gasteiger partial charge in [0.2, 0.25) is 5.91 Å². The summed E-state index contributed by atoms with van der Waals surface area (Å²) >= 11 is 6.13. The third kappa shape index (κ3) is 3.24. The first-order valence-electron chi connectivity index (χ1n) is 7.07. The van der Waals surface area contributed by atoms with E-state index in [2.05, 4.69) is 15.4 Å². The van der Waals surface area contributed by atoms with Gasteiger partial charge in [0.15, 0.2) is 0 Å². The predicted octanol–water partition coefficient (Wildman–Crippen LogP) is 3.58. The molecule has 0 bridgehead atoms. The summed E-state index contributed by atoms with van der Waals surface area (Å²) in [7, 11) is 1.76. The number of para-hydroxylation sites is 1. The Hall–Kier alpha value is -2.66. The van der Waals surface area contributed by atoms with E-state index in [1.165, 1.54) is 6.08 Å². The molecule has 1 aromatic carbocycles. The van der Waals surface area contributed by atoms with Crippen molar-refractivity contribution in [2.45, 2.75) is 6.92 Å². The highest BCUT2D eigenvalue weighted by Gasteiger charge is 2.08. The second-order valence-electron chi connectivity index (χ2n) is 5.15. The number of pyridine rings is 1. The zero-order valence-corrected chi connectivity index (χ0v) is 13.5. The summed E-state index contributed by atoms with van der Waals surface area (Å²) in [4.78, 5) is 16.4. The first-order chi connectivity index (χ1) is 11.0. The highest BCUT2D eigenvalue weighted by molar-refractivity contribution is 6.31. The minimum atomic E-state index is -0.249. The summed E-state index contributed by atoms with van der Waals surface area (Å²) in [5, 5.41) is 8.46. The topological polar surface area (TPSA) is 59.8 Å². The van der Waals surface area contributed by atoms with Crippen molar-refractivity contribution in [3.63, 3.8) is 0 Å². The van der Waals surface area contributed by atoms with Gasteiger partial charge < -0.3 is 5.32 Å². The van der Waals surface area contributed by atoms with Crippen LogP contribution in [0.25, 0.3) is 17.0 Å². The van der Waals surface area contributed by atoms with Gasteiger partial charge in [0.1, 0.15) is 5.15 Å². The first kappa shape index (κ1) is 15.2. The van der Waals surface area contributed by atoms with E-state index in [0.29, 0.717) is 10.8 Å². The molecule has 1 N–H and O–H groups in total. The van der Waals surface area contributed by atoms with E-state index in [1.54, 1.807) is 24.0 Å². The Morgan fingerprint density at radius 3 is 2.87 bits per heavy atom. The lowest BCUT2D eigenvalue weighted by molar-refractivity contribution is -0.111. The lowest BCUT2D eigenvalue weighted by Crippen LogP contribution is -2.07. The number of nitrogens with zero attached hydrogens (tertiary/aromatic N) is 3. The van der Waals surface area contributed by atoms with Crippen molar-refractivity contribution in [2.24, 2.45) is 7.05 Å². The van der Waals surface area contributed by atoms with Gasteiger partial charge in [0.25, 0.3) is 0 Å². The number of carbonyl (C=O) groups excluding carboxylic acids is 1. The molecular weight excluding hydrogens is 312 g/mol. The van der Waals surface area contributed by atoms with Gasteiger partial charge in [-0.3, -0.25) is 14.5 Å². The average Bonchev–Trinajstić information content (AvgIpc) is 2.78. The molecule has 1 amide bonds. The zero-order chi connectivity index (χ0) is 16.4. The van der Waals surface area contributed by atoms with Crippen molar-refractivity contribution in [2.75, 3.05) is 5.32 Å². The Balaban J connectivity index is 1.76. The SMILES string of the molecule is Cc1nn(C)c(Cl)c1/C=C/C(=O)Nc1cnc2ccccc2c1. The Morgan fingerprint density at radius 2 is 2.13 bits per heavy atom. The third-order valence-corrected chi connectivity index (χ3v) is 3.90. The predicted molar refractivity (Wildman–Crippen MR) is 92.4 cm³/mol. The molecule has 0 spiro atoms. The van der Waals surface area contributed by atoms with Crippen LogP contribution in [-0.4, -0.2) is 20.7 Å². The summed E-state index contributed by atoms with van der Waals surface area (Å²) in [6, 6.07) is 9.62. The van der Waals surface area contributed by atoms with Gasteiger partial charge in [-0.2, -0.15) is 5.10 Å². The zero-order valence-electron chi connectivity index (χ0n) is 12.7. The molecule has 3 aromatic rings.